The maximum Gasteiger partial charge on any atom is 0.115 e. The zero-order chi connectivity index (χ0) is 10.9. The predicted octanol–water partition coefficient (Wildman–Crippen LogP) is 1.27. The molecule has 1 aliphatic heterocycles. The number of aromatic hydroxyl groups is 1. The van der Waals surface area contributed by atoms with Crippen molar-refractivity contribution in [1.29, 1.82) is 0 Å². The number of phenols is 1. The van der Waals surface area contributed by atoms with Crippen molar-refractivity contribution in [2.45, 2.75) is 12.0 Å². The maximum absolute atomic E-state index is 12.6. The number of benzene rings is 1. The first-order chi connectivity index (χ1) is 7.13. The zero-order valence-corrected chi connectivity index (χ0v) is 8.49. The first-order valence-corrected chi connectivity index (χ1v) is 5.02. The summed E-state index contributed by atoms with van der Waals surface area (Å²) in [7, 11) is 0. The van der Waals surface area contributed by atoms with E-state index in [1.807, 2.05) is 17.0 Å². The third kappa shape index (κ3) is 2.04. The minimum absolute atomic E-state index is 0.238. The van der Waals surface area contributed by atoms with Gasteiger partial charge >= 0.3 is 0 Å². The lowest BCUT2D eigenvalue weighted by molar-refractivity contribution is 0.330. The molecule has 4 heteroatoms. The number of hydrogen-bond donors (Lipinski definition) is 2. The smallest absolute Gasteiger partial charge is 0.115 e. The Labute approximate surface area is 88.3 Å². The Balaban J connectivity index is 2.11. The van der Waals surface area contributed by atoms with Gasteiger partial charge in [0.05, 0.1) is 5.54 Å². The molecule has 1 saturated heterocycles. The molecular weight excluding hydrogens is 195 g/mol. The molecule has 1 fully saturated rings. The number of nitrogens with two attached hydrogens (primary N) is 1. The Kier molecular flexibility index (Phi) is 2.52. The molecule has 1 aromatic rings. The monoisotopic (exact) mass is 210 g/mol. The number of anilines is 1. The highest BCUT2D eigenvalue weighted by molar-refractivity contribution is 5.50. The number of alkyl halides is 1. The summed E-state index contributed by atoms with van der Waals surface area (Å²) in [4.78, 5) is 2.04. The van der Waals surface area contributed by atoms with Gasteiger partial charge in [0, 0.05) is 18.8 Å². The van der Waals surface area contributed by atoms with Crippen molar-refractivity contribution in [3.8, 4) is 5.75 Å². The molecule has 0 radical (unpaired) electrons. The van der Waals surface area contributed by atoms with Gasteiger partial charge in [-0.1, -0.05) is 0 Å². The summed E-state index contributed by atoms with van der Waals surface area (Å²) in [6.07, 6.45) is 0.671. The Morgan fingerprint density at radius 2 is 2.07 bits per heavy atom. The summed E-state index contributed by atoms with van der Waals surface area (Å²) < 4.78 is 12.6. The van der Waals surface area contributed by atoms with Crippen LogP contribution >= 0.6 is 0 Å². The molecular formula is C11H15FN2O. The maximum atomic E-state index is 12.6. The quantitative estimate of drug-likeness (QED) is 0.772. The van der Waals surface area contributed by atoms with Gasteiger partial charge in [-0.05, 0) is 30.7 Å². The van der Waals surface area contributed by atoms with E-state index in [4.69, 9.17) is 10.8 Å². The van der Waals surface area contributed by atoms with Crippen LogP contribution in [0.5, 0.6) is 5.75 Å². The number of halogens is 1. The fraction of sp³-hybridized carbons (Fsp3) is 0.455. The summed E-state index contributed by atoms with van der Waals surface area (Å²) in [5.74, 6) is 0.238. The normalized spacial score (nSPS) is 25.9. The van der Waals surface area contributed by atoms with Gasteiger partial charge in [-0.2, -0.15) is 0 Å². The van der Waals surface area contributed by atoms with Crippen LogP contribution in [0.2, 0.25) is 0 Å². The lowest BCUT2D eigenvalue weighted by Gasteiger charge is -2.22. The van der Waals surface area contributed by atoms with E-state index in [1.54, 1.807) is 12.1 Å². The second-order valence-electron chi connectivity index (χ2n) is 4.18. The van der Waals surface area contributed by atoms with Crippen molar-refractivity contribution >= 4 is 5.69 Å². The van der Waals surface area contributed by atoms with Crippen LogP contribution in [0.3, 0.4) is 0 Å². The van der Waals surface area contributed by atoms with Crippen LogP contribution in [0, 0.1) is 0 Å². The summed E-state index contributed by atoms with van der Waals surface area (Å²) in [6, 6.07) is 6.89. The van der Waals surface area contributed by atoms with Crippen LogP contribution in [0.15, 0.2) is 24.3 Å². The Morgan fingerprint density at radius 3 is 2.60 bits per heavy atom. The SMILES string of the molecule is NC1(CF)CCN(c2ccc(O)cc2)C1. The molecule has 1 heterocycles. The van der Waals surface area contributed by atoms with Gasteiger partial charge in [0.2, 0.25) is 0 Å². The average molecular weight is 210 g/mol. The van der Waals surface area contributed by atoms with Gasteiger partial charge in [-0.15, -0.1) is 0 Å². The van der Waals surface area contributed by atoms with E-state index in [0.29, 0.717) is 13.0 Å². The van der Waals surface area contributed by atoms with Crippen LogP contribution in [0.25, 0.3) is 0 Å². The highest BCUT2D eigenvalue weighted by atomic mass is 19.1. The summed E-state index contributed by atoms with van der Waals surface area (Å²) in [5, 5.41) is 9.15. The molecule has 2 rings (SSSR count). The summed E-state index contributed by atoms with van der Waals surface area (Å²) >= 11 is 0. The third-order valence-electron chi connectivity index (χ3n) is 2.87. The number of rotatable bonds is 2. The molecule has 0 spiro atoms. The fourth-order valence-corrected chi connectivity index (χ4v) is 1.89. The van der Waals surface area contributed by atoms with Gasteiger partial charge in [0.1, 0.15) is 12.4 Å². The van der Waals surface area contributed by atoms with Crippen LogP contribution in [-0.2, 0) is 0 Å². The minimum atomic E-state index is -0.697. The number of hydrogen-bond acceptors (Lipinski definition) is 3. The Morgan fingerprint density at radius 1 is 1.40 bits per heavy atom. The topological polar surface area (TPSA) is 49.5 Å². The molecule has 0 saturated carbocycles. The molecule has 1 aromatic carbocycles. The van der Waals surface area contributed by atoms with Gasteiger partial charge in [-0.25, -0.2) is 4.39 Å². The van der Waals surface area contributed by atoms with Crippen LogP contribution in [0.4, 0.5) is 10.1 Å². The first kappa shape index (κ1) is 10.2. The molecule has 0 amide bonds. The minimum Gasteiger partial charge on any atom is -0.508 e. The van der Waals surface area contributed by atoms with Crippen molar-refractivity contribution in [3.05, 3.63) is 24.3 Å². The van der Waals surface area contributed by atoms with Gasteiger partial charge in [-0.3, -0.25) is 0 Å². The van der Waals surface area contributed by atoms with E-state index in [1.165, 1.54) is 0 Å². The Hall–Kier alpha value is -1.29. The molecule has 3 nitrogen and oxygen atoms in total. The van der Waals surface area contributed by atoms with E-state index >= 15 is 0 Å². The largest absolute Gasteiger partial charge is 0.508 e. The van der Waals surface area contributed by atoms with Gasteiger partial charge in [0.15, 0.2) is 0 Å². The average Bonchev–Trinajstić information content (AvgIpc) is 2.63. The lowest BCUT2D eigenvalue weighted by atomic mass is 10.0. The van der Waals surface area contributed by atoms with Crippen molar-refractivity contribution in [2.24, 2.45) is 5.73 Å². The van der Waals surface area contributed by atoms with E-state index in [0.717, 1.165) is 12.2 Å². The molecule has 1 aliphatic rings. The summed E-state index contributed by atoms with van der Waals surface area (Å²) in [6.45, 7) is 0.820. The molecule has 0 bridgehead atoms. The van der Waals surface area contributed by atoms with Crippen molar-refractivity contribution in [3.63, 3.8) is 0 Å². The first-order valence-electron chi connectivity index (χ1n) is 5.02. The van der Waals surface area contributed by atoms with Crippen LogP contribution in [-0.4, -0.2) is 30.4 Å². The van der Waals surface area contributed by atoms with Gasteiger partial charge < -0.3 is 15.7 Å². The lowest BCUT2D eigenvalue weighted by Crippen LogP contribution is -2.44. The fourth-order valence-electron chi connectivity index (χ4n) is 1.89. The standard InChI is InChI=1S/C11H15FN2O/c12-7-11(13)5-6-14(8-11)9-1-3-10(15)4-2-9/h1-4,15H,5-8,13H2. The molecule has 0 aliphatic carbocycles. The third-order valence-corrected chi connectivity index (χ3v) is 2.87. The Bertz CT molecular complexity index is 341. The van der Waals surface area contributed by atoms with Gasteiger partial charge in [0.25, 0.3) is 0 Å². The molecule has 3 N–H and O–H groups in total. The molecule has 0 aromatic heterocycles. The van der Waals surface area contributed by atoms with E-state index in [2.05, 4.69) is 0 Å². The van der Waals surface area contributed by atoms with E-state index in [9.17, 15) is 4.39 Å². The van der Waals surface area contributed by atoms with Crippen LogP contribution in [0.1, 0.15) is 6.42 Å². The second kappa shape index (κ2) is 3.70. The highest BCUT2D eigenvalue weighted by Gasteiger charge is 2.34. The van der Waals surface area contributed by atoms with Crippen molar-refractivity contribution < 1.29 is 9.50 Å². The van der Waals surface area contributed by atoms with E-state index < -0.39 is 12.2 Å². The number of nitrogens with zero attached hydrogens (tertiary/aromatic N) is 1. The zero-order valence-electron chi connectivity index (χ0n) is 8.49. The highest BCUT2D eigenvalue weighted by Crippen LogP contribution is 2.26. The predicted molar refractivity (Wildman–Crippen MR) is 57.8 cm³/mol. The second-order valence-corrected chi connectivity index (χ2v) is 4.18. The van der Waals surface area contributed by atoms with Crippen LogP contribution < -0.4 is 10.6 Å². The molecule has 15 heavy (non-hydrogen) atoms. The van der Waals surface area contributed by atoms with Crippen molar-refractivity contribution in [1.82, 2.24) is 0 Å². The molecule has 82 valence electrons. The molecule has 1 unspecified atom stereocenters. The van der Waals surface area contributed by atoms with E-state index in [-0.39, 0.29) is 5.75 Å². The van der Waals surface area contributed by atoms with Crippen molar-refractivity contribution in [2.75, 3.05) is 24.7 Å². The number of phenolic OH excluding ortho intramolecular Hbond substituents is 1. The summed E-state index contributed by atoms with van der Waals surface area (Å²) in [5.41, 5.74) is 6.13. The molecule has 1 atom stereocenters.